The van der Waals surface area contributed by atoms with E-state index >= 15 is 0 Å². The lowest BCUT2D eigenvalue weighted by atomic mass is 9.77. The van der Waals surface area contributed by atoms with E-state index in [1.165, 1.54) is 16.7 Å². The fraction of sp³-hybridized carbons (Fsp3) is 0.440. The quantitative estimate of drug-likeness (QED) is 0.450. The van der Waals surface area contributed by atoms with Gasteiger partial charge in [-0.3, -0.25) is 14.5 Å². The molecule has 1 aliphatic carbocycles. The van der Waals surface area contributed by atoms with E-state index in [1.54, 1.807) is 11.9 Å². The summed E-state index contributed by atoms with van der Waals surface area (Å²) in [6, 6.07) is 14.1. The van der Waals surface area contributed by atoms with Gasteiger partial charge in [-0.25, -0.2) is 0 Å². The standard InChI is InChI=1S/C25H30BNO6/c1-3-30-13-14-31-23-6-4-5-21-19(9-12-22(21)23)15-18-7-10-20(11-8-18)26-32-24(28)16-27(2)17-25(29)33-26/h4-8,10-11,19H,3,9,12-17H2,1-2H3. The van der Waals surface area contributed by atoms with Crippen LogP contribution in [0.5, 0.6) is 5.75 Å². The van der Waals surface area contributed by atoms with Crippen molar-refractivity contribution in [3.8, 4) is 5.75 Å². The van der Waals surface area contributed by atoms with Gasteiger partial charge in [0.05, 0.1) is 19.7 Å². The minimum Gasteiger partial charge on any atom is -0.494 e. The van der Waals surface area contributed by atoms with Crippen LogP contribution in [-0.2, 0) is 36.5 Å². The van der Waals surface area contributed by atoms with Gasteiger partial charge in [0.1, 0.15) is 12.4 Å². The monoisotopic (exact) mass is 451 g/mol. The van der Waals surface area contributed by atoms with Gasteiger partial charge in [-0.15, -0.1) is 0 Å². The molecule has 2 aliphatic rings. The highest BCUT2D eigenvalue weighted by atomic mass is 16.6. The van der Waals surface area contributed by atoms with Crippen LogP contribution >= 0.6 is 0 Å². The maximum atomic E-state index is 12.0. The first-order valence-corrected chi connectivity index (χ1v) is 11.5. The molecular formula is C25H30BNO6. The van der Waals surface area contributed by atoms with Crippen LogP contribution in [0.3, 0.4) is 0 Å². The Morgan fingerprint density at radius 1 is 1.03 bits per heavy atom. The summed E-state index contributed by atoms with van der Waals surface area (Å²) in [4.78, 5) is 25.6. The normalized spacial score (nSPS) is 18.8. The molecule has 1 atom stereocenters. The van der Waals surface area contributed by atoms with E-state index in [0.29, 0.717) is 31.2 Å². The Bertz CT molecular complexity index is 959. The van der Waals surface area contributed by atoms with Crippen LogP contribution in [-0.4, -0.2) is 63.9 Å². The Kier molecular flexibility index (Phi) is 7.67. The van der Waals surface area contributed by atoms with Gasteiger partial charge >= 0.3 is 19.1 Å². The van der Waals surface area contributed by atoms with Gasteiger partial charge in [-0.2, -0.15) is 0 Å². The third kappa shape index (κ3) is 5.95. The number of likely N-dealkylation sites (N-methyl/N-ethyl adjacent to an activating group) is 1. The van der Waals surface area contributed by atoms with Crippen molar-refractivity contribution in [1.82, 2.24) is 4.90 Å². The summed E-state index contributed by atoms with van der Waals surface area (Å²) in [6.45, 7) is 3.94. The molecule has 8 heteroatoms. The molecule has 0 spiro atoms. The molecule has 2 aromatic rings. The van der Waals surface area contributed by atoms with Crippen LogP contribution in [0.4, 0.5) is 0 Å². The number of ether oxygens (including phenoxy) is 2. The zero-order chi connectivity index (χ0) is 23.2. The van der Waals surface area contributed by atoms with E-state index in [2.05, 4.69) is 12.1 Å². The number of carbonyl (C=O) groups excluding carboxylic acids is 2. The molecule has 0 aromatic heterocycles. The van der Waals surface area contributed by atoms with Gasteiger partial charge in [-0.1, -0.05) is 36.4 Å². The Hall–Kier alpha value is -2.84. The first kappa shape index (κ1) is 23.3. The van der Waals surface area contributed by atoms with E-state index in [1.807, 2.05) is 37.3 Å². The van der Waals surface area contributed by atoms with Gasteiger partial charge < -0.3 is 18.8 Å². The van der Waals surface area contributed by atoms with Crippen LogP contribution in [0.15, 0.2) is 42.5 Å². The van der Waals surface area contributed by atoms with Crippen molar-refractivity contribution in [2.24, 2.45) is 0 Å². The third-order valence-corrected chi connectivity index (χ3v) is 6.05. The lowest BCUT2D eigenvalue weighted by Crippen LogP contribution is -2.47. The molecule has 1 fully saturated rings. The van der Waals surface area contributed by atoms with Crippen molar-refractivity contribution in [3.05, 3.63) is 59.2 Å². The SMILES string of the molecule is CCOCCOc1cccc2c1CCC2Cc1ccc(B2OC(=O)CN(C)CC(=O)O2)cc1. The molecule has 7 nitrogen and oxygen atoms in total. The molecule has 2 aromatic carbocycles. The first-order chi connectivity index (χ1) is 16.0. The van der Waals surface area contributed by atoms with Crippen molar-refractivity contribution >= 4 is 24.5 Å². The lowest BCUT2D eigenvalue weighted by molar-refractivity contribution is -0.145. The maximum absolute atomic E-state index is 12.0. The predicted octanol–water partition coefficient (Wildman–Crippen LogP) is 2.10. The highest BCUT2D eigenvalue weighted by Crippen LogP contribution is 2.40. The van der Waals surface area contributed by atoms with Crippen molar-refractivity contribution in [1.29, 1.82) is 0 Å². The molecule has 0 N–H and O–H groups in total. The van der Waals surface area contributed by atoms with Gasteiger partial charge in [0.2, 0.25) is 0 Å². The number of nitrogens with zero attached hydrogens (tertiary/aromatic N) is 1. The zero-order valence-corrected chi connectivity index (χ0v) is 19.2. The fourth-order valence-electron chi connectivity index (χ4n) is 4.47. The summed E-state index contributed by atoms with van der Waals surface area (Å²) in [6.07, 6.45) is 2.99. The van der Waals surface area contributed by atoms with E-state index in [-0.39, 0.29) is 13.1 Å². The summed E-state index contributed by atoms with van der Waals surface area (Å²) in [5.74, 6) is 0.555. The number of fused-ring (bicyclic) bond motifs is 1. The highest BCUT2D eigenvalue weighted by molar-refractivity contribution is 6.64. The number of benzene rings is 2. The van der Waals surface area contributed by atoms with Crippen LogP contribution in [0.1, 0.15) is 36.0 Å². The molecule has 0 amide bonds. The van der Waals surface area contributed by atoms with Gasteiger partial charge in [0.25, 0.3) is 0 Å². The van der Waals surface area contributed by atoms with Crippen molar-refractivity contribution in [2.75, 3.05) is 40.0 Å². The average molecular weight is 451 g/mol. The molecule has 0 radical (unpaired) electrons. The minimum atomic E-state index is -1.00. The van der Waals surface area contributed by atoms with Crippen LogP contribution < -0.4 is 10.2 Å². The molecule has 174 valence electrons. The Morgan fingerprint density at radius 2 is 1.76 bits per heavy atom. The molecule has 0 bridgehead atoms. The molecule has 0 saturated carbocycles. The van der Waals surface area contributed by atoms with Gasteiger partial charge in [0.15, 0.2) is 0 Å². The second-order valence-corrected chi connectivity index (χ2v) is 8.53. The summed E-state index contributed by atoms with van der Waals surface area (Å²) < 4.78 is 22.0. The van der Waals surface area contributed by atoms with Crippen molar-refractivity contribution in [2.45, 2.75) is 32.1 Å². The summed E-state index contributed by atoms with van der Waals surface area (Å²) in [7, 11) is 0.672. The molecule has 1 saturated heterocycles. The van der Waals surface area contributed by atoms with Crippen molar-refractivity contribution in [3.63, 3.8) is 0 Å². The van der Waals surface area contributed by atoms with E-state index in [4.69, 9.17) is 18.8 Å². The third-order valence-electron chi connectivity index (χ3n) is 6.05. The Balaban J connectivity index is 1.40. The predicted molar refractivity (Wildman–Crippen MR) is 125 cm³/mol. The second-order valence-electron chi connectivity index (χ2n) is 8.53. The van der Waals surface area contributed by atoms with Gasteiger partial charge in [0, 0.05) is 12.1 Å². The van der Waals surface area contributed by atoms with Crippen LogP contribution in [0.25, 0.3) is 0 Å². The molecule has 1 aliphatic heterocycles. The summed E-state index contributed by atoms with van der Waals surface area (Å²) in [5.41, 5.74) is 4.48. The Morgan fingerprint density at radius 3 is 2.45 bits per heavy atom. The minimum absolute atomic E-state index is 0.0576. The molecule has 1 unspecified atom stereocenters. The van der Waals surface area contributed by atoms with Crippen molar-refractivity contribution < 1.29 is 28.4 Å². The number of hydrogen-bond acceptors (Lipinski definition) is 7. The van der Waals surface area contributed by atoms with Gasteiger partial charge in [-0.05, 0) is 61.9 Å². The fourth-order valence-corrected chi connectivity index (χ4v) is 4.47. The summed E-state index contributed by atoms with van der Waals surface area (Å²) >= 11 is 0. The zero-order valence-electron chi connectivity index (χ0n) is 19.2. The molecule has 4 rings (SSSR count). The number of rotatable bonds is 8. The van der Waals surface area contributed by atoms with Crippen LogP contribution in [0.2, 0.25) is 0 Å². The maximum Gasteiger partial charge on any atom is 0.636 e. The second kappa shape index (κ2) is 10.9. The lowest BCUT2D eigenvalue weighted by Gasteiger charge is -2.22. The smallest absolute Gasteiger partial charge is 0.494 e. The number of carbonyl (C=O) groups is 2. The molecule has 1 heterocycles. The largest absolute Gasteiger partial charge is 0.636 e. The topological polar surface area (TPSA) is 74.3 Å². The summed E-state index contributed by atoms with van der Waals surface area (Å²) in [5, 5.41) is 0. The van der Waals surface area contributed by atoms with E-state index in [0.717, 1.165) is 25.0 Å². The average Bonchev–Trinajstić information content (AvgIpc) is 3.19. The van der Waals surface area contributed by atoms with Crippen LogP contribution in [0, 0.1) is 0 Å². The highest BCUT2D eigenvalue weighted by Gasteiger charge is 2.33. The molecule has 33 heavy (non-hydrogen) atoms. The molecular weight excluding hydrogens is 421 g/mol. The Labute approximate surface area is 195 Å². The van der Waals surface area contributed by atoms with E-state index < -0.39 is 19.1 Å². The van der Waals surface area contributed by atoms with E-state index in [9.17, 15) is 9.59 Å². The number of hydrogen-bond donors (Lipinski definition) is 0. The first-order valence-electron chi connectivity index (χ1n) is 11.5.